The molecule has 1 aromatic rings. The second kappa shape index (κ2) is 4.03. The van der Waals surface area contributed by atoms with Gasteiger partial charge in [0.25, 0.3) is 0 Å². The van der Waals surface area contributed by atoms with Gasteiger partial charge in [0, 0.05) is 6.20 Å². The third-order valence-electron chi connectivity index (χ3n) is 1.89. The van der Waals surface area contributed by atoms with Crippen molar-refractivity contribution in [3.05, 3.63) is 23.4 Å². The number of pyridine rings is 1. The van der Waals surface area contributed by atoms with Crippen molar-refractivity contribution < 1.29 is 9.53 Å². The third-order valence-corrected chi connectivity index (χ3v) is 1.89. The summed E-state index contributed by atoms with van der Waals surface area (Å²) in [6.45, 7) is 4.11. The molecular formula is C10H13NO2. The van der Waals surface area contributed by atoms with Crippen molar-refractivity contribution in [1.29, 1.82) is 0 Å². The zero-order chi connectivity index (χ0) is 9.84. The normalized spacial score (nSPS) is 10.2. The lowest BCUT2D eigenvalue weighted by Crippen LogP contribution is -1.97. The molecule has 0 fully saturated rings. The molecule has 1 aromatic heterocycles. The van der Waals surface area contributed by atoms with Crippen LogP contribution in [0.1, 0.15) is 35.7 Å². The Hall–Kier alpha value is -1.38. The molecule has 0 amide bonds. The van der Waals surface area contributed by atoms with Crippen molar-refractivity contribution in [3.63, 3.8) is 0 Å². The van der Waals surface area contributed by atoms with Gasteiger partial charge in [0.2, 0.25) is 5.88 Å². The van der Waals surface area contributed by atoms with Crippen molar-refractivity contribution in [1.82, 2.24) is 4.98 Å². The maximum atomic E-state index is 10.6. The number of methoxy groups -OCH3 is 1. The van der Waals surface area contributed by atoms with E-state index in [4.69, 9.17) is 4.74 Å². The van der Waals surface area contributed by atoms with Gasteiger partial charge in [0.1, 0.15) is 0 Å². The zero-order valence-corrected chi connectivity index (χ0v) is 8.07. The Morgan fingerprint density at radius 3 is 2.69 bits per heavy atom. The Morgan fingerprint density at radius 2 is 2.23 bits per heavy atom. The zero-order valence-electron chi connectivity index (χ0n) is 8.07. The van der Waals surface area contributed by atoms with E-state index in [-0.39, 0.29) is 0 Å². The standard InChI is InChI=1S/C10H13NO2/c1-7(2)8-4-9(6-12)10(13-3)11-5-8/h4-7H,1-3H3. The van der Waals surface area contributed by atoms with E-state index in [1.807, 2.05) is 6.07 Å². The van der Waals surface area contributed by atoms with Crippen LogP contribution in [0.2, 0.25) is 0 Å². The maximum Gasteiger partial charge on any atom is 0.223 e. The molecule has 3 heteroatoms. The number of ether oxygens (including phenoxy) is 1. The van der Waals surface area contributed by atoms with Crippen molar-refractivity contribution in [2.45, 2.75) is 19.8 Å². The second-order valence-electron chi connectivity index (χ2n) is 3.14. The molecule has 1 rings (SSSR count). The summed E-state index contributed by atoms with van der Waals surface area (Å²) in [4.78, 5) is 14.7. The molecule has 0 atom stereocenters. The first-order valence-corrected chi connectivity index (χ1v) is 4.18. The third kappa shape index (κ3) is 2.05. The highest BCUT2D eigenvalue weighted by molar-refractivity contribution is 5.78. The monoisotopic (exact) mass is 179 g/mol. The number of carbonyl (C=O) groups is 1. The lowest BCUT2D eigenvalue weighted by Gasteiger charge is -2.07. The van der Waals surface area contributed by atoms with Crippen LogP contribution in [0.25, 0.3) is 0 Å². The summed E-state index contributed by atoms with van der Waals surface area (Å²) in [5, 5.41) is 0. The SMILES string of the molecule is COc1ncc(C(C)C)cc1C=O. The summed E-state index contributed by atoms with van der Waals surface area (Å²) in [5.74, 6) is 0.761. The molecule has 0 aliphatic heterocycles. The number of aromatic nitrogens is 1. The molecule has 0 radical (unpaired) electrons. The molecule has 0 spiro atoms. The number of hydrogen-bond donors (Lipinski definition) is 0. The summed E-state index contributed by atoms with van der Waals surface area (Å²) in [5.41, 5.74) is 1.55. The van der Waals surface area contributed by atoms with Crippen LogP contribution >= 0.6 is 0 Å². The largest absolute Gasteiger partial charge is 0.480 e. The summed E-state index contributed by atoms with van der Waals surface area (Å²) >= 11 is 0. The molecule has 70 valence electrons. The average Bonchev–Trinajstić information content (AvgIpc) is 2.16. The van der Waals surface area contributed by atoms with Crippen molar-refractivity contribution in [2.24, 2.45) is 0 Å². The van der Waals surface area contributed by atoms with Gasteiger partial charge >= 0.3 is 0 Å². The summed E-state index contributed by atoms with van der Waals surface area (Å²) in [6, 6.07) is 1.81. The molecule has 0 N–H and O–H groups in total. The van der Waals surface area contributed by atoms with E-state index in [2.05, 4.69) is 18.8 Å². The Bertz CT molecular complexity index is 308. The molecule has 1 heterocycles. The van der Waals surface area contributed by atoms with Gasteiger partial charge in [0.05, 0.1) is 12.7 Å². The molecule has 0 aliphatic carbocycles. The first kappa shape index (κ1) is 9.71. The van der Waals surface area contributed by atoms with Gasteiger partial charge in [-0.15, -0.1) is 0 Å². The fraction of sp³-hybridized carbons (Fsp3) is 0.400. The Kier molecular flexibility index (Phi) is 3.01. The van der Waals surface area contributed by atoms with Gasteiger partial charge in [-0.05, 0) is 17.5 Å². The topological polar surface area (TPSA) is 39.2 Å². The van der Waals surface area contributed by atoms with Gasteiger partial charge in [-0.3, -0.25) is 4.79 Å². The molecule has 0 saturated heterocycles. The van der Waals surface area contributed by atoms with E-state index in [0.717, 1.165) is 11.8 Å². The number of rotatable bonds is 3. The predicted octanol–water partition coefficient (Wildman–Crippen LogP) is 2.03. The van der Waals surface area contributed by atoms with Gasteiger partial charge < -0.3 is 4.74 Å². The molecule has 3 nitrogen and oxygen atoms in total. The Labute approximate surface area is 77.8 Å². The molecule has 0 aromatic carbocycles. The lowest BCUT2D eigenvalue weighted by atomic mass is 10.0. The van der Waals surface area contributed by atoms with E-state index in [1.54, 1.807) is 6.20 Å². The minimum Gasteiger partial charge on any atom is -0.480 e. The van der Waals surface area contributed by atoms with E-state index in [9.17, 15) is 4.79 Å². The Balaban J connectivity index is 3.13. The maximum absolute atomic E-state index is 10.6. The summed E-state index contributed by atoms with van der Waals surface area (Å²) in [7, 11) is 1.50. The Morgan fingerprint density at radius 1 is 1.54 bits per heavy atom. The van der Waals surface area contributed by atoms with Crippen molar-refractivity contribution in [2.75, 3.05) is 7.11 Å². The minimum absolute atomic E-state index is 0.372. The van der Waals surface area contributed by atoms with Gasteiger partial charge in [-0.25, -0.2) is 4.98 Å². The van der Waals surface area contributed by atoms with Crippen molar-refractivity contribution >= 4 is 6.29 Å². The first-order chi connectivity index (χ1) is 6.19. The first-order valence-electron chi connectivity index (χ1n) is 4.18. The molecule has 13 heavy (non-hydrogen) atoms. The van der Waals surface area contributed by atoms with Gasteiger partial charge in [0.15, 0.2) is 6.29 Å². The van der Waals surface area contributed by atoms with Gasteiger partial charge in [-0.1, -0.05) is 13.8 Å². The molecule has 0 bridgehead atoms. The fourth-order valence-corrected chi connectivity index (χ4v) is 1.06. The van der Waals surface area contributed by atoms with Crippen LogP contribution in [0.15, 0.2) is 12.3 Å². The minimum atomic E-state index is 0.372. The van der Waals surface area contributed by atoms with E-state index in [0.29, 0.717) is 17.4 Å². The van der Waals surface area contributed by atoms with Crippen molar-refractivity contribution in [3.8, 4) is 5.88 Å². The summed E-state index contributed by atoms with van der Waals surface area (Å²) < 4.78 is 4.93. The van der Waals surface area contributed by atoms with E-state index < -0.39 is 0 Å². The highest BCUT2D eigenvalue weighted by Gasteiger charge is 2.06. The van der Waals surface area contributed by atoms with Crippen LogP contribution in [0.5, 0.6) is 5.88 Å². The molecular weight excluding hydrogens is 166 g/mol. The lowest BCUT2D eigenvalue weighted by molar-refractivity contribution is 0.112. The molecule has 0 aliphatic rings. The number of aldehydes is 1. The number of carbonyl (C=O) groups excluding carboxylic acids is 1. The van der Waals surface area contributed by atoms with Crippen LogP contribution in [-0.2, 0) is 0 Å². The van der Waals surface area contributed by atoms with E-state index >= 15 is 0 Å². The second-order valence-corrected chi connectivity index (χ2v) is 3.14. The van der Waals surface area contributed by atoms with Crippen LogP contribution in [0.4, 0.5) is 0 Å². The average molecular weight is 179 g/mol. The van der Waals surface area contributed by atoms with Crippen LogP contribution in [0.3, 0.4) is 0 Å². The van der Waals surface area contributed by atoms with Crippen LogP contribution in [-0.4, -0.2) is 18.4 Å². The highest BCUT2D eigenvalue weighted by atomic mass is 16.5. The molecule has 0 unspecified atom stereocenters. The van der Waals surface area contributed by atoms with Gasteiger partial charge in [-0.2, -0.15) is 0 Å². The molecule has 0 saturated carbocycles. The fourth-order valence-electron chi connectivity index (χ4n) is 1.06. The number of hydrogen-bond acceptors (Lipinski definition) is 3. The van der Waals surface area contributed by atoms with E-state index in [1.165, 1.54) is 7.11 Å². The quantitative estimate of drug-likeness (QED) is 0.666. The highest BCUT2D eigenvalue weighted by Crippen LogP contribution is 2.19. The predicted molar refractivity (Wildman–Crippen MR) is 50.3 cm³/mol. The van der Waals surface area contributed by atoms with Crippen LogP contribution < -0.4 is 4.74 Å². The smallest absolute Gasteiger partial charge is 0.223 e. The summed E-state index contributed by atoms with van der Waals surface area (Å²) in [6.07, 6.45) is 2.49. The van der Waals surface area contributed by atoms with Crippen LogP contribution in [0, 0.1) is 0 Å². The number of nitrogens with zero attached hydrogens (tertiary/aromatic N) is 1.